The van der Waals surface area contributed by atoms with Gasteiger partial charge in [-0.25, -0.2) is 13.1 Å². The first-order chi connectivity index (χ1) is 11.3. The van der Waals surface area contributed by atoms with Gasteiger partial charge in [0.1, 0.15) is 10.6 Å². The third-order valence-electron chi connectivity index (χ3n) is 3.74. The summed E-state index contributed by atoms with van der Waals surface area (Å²) in [4.78, 5) is 12.4. The highest BCUT2D eigenvalue weighted by atomic mass is 32.2. The minimum Gasteiger partial charge on any atom is -0.495 e. The van der Waals surface area contributed by atoms with Crippen LogP contribution in [-0.2, 0) is 10.0 Å². The van der Waals surface area contributed by atoms with Gasteiger partial charge in [0, 0.05) is 24.2 Å². The molecule has 134 valence electrons. The van der Waals surface area contributed by atoms with Crippen molar-refractivity contribution >= 4 is 15.9 Å². The van der Waals surface area contributed by atoms with Crippen LogP contribution in [0, 0.1) is 0 Å². The summed E-state index contributed by atoms with van der Waals surface area (Å²) in [6, 6.07) is 4.23. The third-order valence-corrected chi connectivity index (χ3v) is 5.42. The van der Waals surface area contributed by atoms with Gasteiger partial charge in [0.2, 0.25) is 10.0 Å². The third kappa shape index (κ3) is 4.68. The van der Waals surface area contributed by atoms with Crippen LogP contribution in [0.1, 0.15) is 37.0 Å². The maximum absolute atomic E-state index is 12.5. The Morgan fingerprint density at radius 3 is 2.71 bits per heavy atom. The fourth-order valence-electron chi connectivity index (χ4n) is 2.65. The SMILES string of the molecule is COc1ccc(C(=O)NC2CCCNC2)cc1S(=O)(=O)NC(C)C. The second-order valence-electron chi connectivity index (χ2n) is 6.16. The lowest BCUT2D eigenvalue weighted by Crippen LogP contribution is -2.45. The average molecular weight is 355 g/mol. The number of piperidine rings is 1. The number of hydrogen-bond donors (Lipinski definition) is 3. The summed E-state index contributed by atoms with van der Waals surface area (Å²) in [5.74, 6) is -0.0774. The maximum atomic E-state index is 12.5. The van der Waals surface area contributed by atoms with E-state index in [1.165, 1.54) is 19.2 Å². The summed E-state index contributed by atoms with van der Waals surface area (Å²) in [6.07, 6.45) is 1.92. The smallest absolute Gasteiger partial charge is 0.251 e. The molecular formula is C16H25N3O4S. The summed E-state index contributed by atoms with van der Waals surface area (Å²) in [6.45, 7) is 5.15. The van der Waals surface area contributed by atoms with Gasteiger partial charge in [0.15, 0.2) is 0 Å². The highest BCUT2D eigenvalue weighted by molar-refractivity contribution is 7.89. The van der Waals surface area contributed by atoms with Gasteiger partial charge >= 0.3 is 0 Å². The van der Waals surface area contributed by atoms with Gasteiger partial charge in [0.05, 0.1) is 7.11 Å². The Morgan fingerprint density at radius 1 is 1.38 bits per heavy atom. The van der Waals surface area contributed by atoms with E-state index in [2.05, 4.69) is 15.4 Å². The molecule has 0 saturated carbocycles. The standard InChI is InChI=1S/C16H25N3O4S/c1-11(2)19-24(21,22)15-9-12(6-7-14(15)23-3)16(20)18-13-5-4-8-17-10-13/h6-7,9,11,13,17,19H,4-5,8,10H2,1-3H3,(H,18,20). The lowest BCUT2D eigenvalue weighted by atomic mass is 10.1. The number of ether oxygens (including phenoxy) is 1. The molecule has 0 aromatic heterocycles. The van der Waals surface area contributed by atoms with Gasteiger partial charge in [-0.2, -0.15) is 0 Å². The van der Waals surface area contributed by atoms with Crippen LogP contribution in [0.25, 0.3) is 0 Å². The summed E-state index contributed by atoms with van der Waals surface area (Å²) in [5.41, 5.74) is 0.297. The van der Waals surface area contributed by atoms with Gasteiger partial charge in [0.25, 0.3) is 5.91 Å². The zero-order valence-corrected chi connectivity index (χ0v) is 15.1. The van der Waals surface area contributed by atoms with E-state index >= 15 is 0 Å². The van der Waals surface area contributed by atoms with Crippen molar-refractivity contribution < 1.29 is 17.9 Å². The molecule has 0 spiro atoms. The van der Waals surface area contributed by atoms with Crippen LogP contribution in [0.3, 0.4) is 0 Å². The largest absolute Gasteiger partial charge is 0.495 e. The molecule has 0 bridgehead atoms. The molecule has 1 unspecified atom stereocenters. The summed E-state index contributed by atoms with van der Waals surface area (Å²) in [5, 5.41) is 6.16. The van der Waals surface area contributed by atoms with Crippen LogP contribution < -0.4 is 20.1 Å². The molecule has 1 saturated heterocycles. The first kappa shape index (κ1) is 18.7. The lowest BCUT2D eigenvalue weighted by Gasteiger charge is -2.24. The van der Waals surface area contributed by atoms with Gasteiger partial charge in [-0.1, -0.05) is 0 Å². The van der Waals surface area contributed by atoms with Crippen LogP contribution in [-0.4, -0.2) is 46.6 Å². The zero-order chi connectivity index (χ0) is 17.7. The van der Waals surface area contributed by atoms with Crippen LogP contribution in [0.5, 0.6) is 5.75 Å². The van der Waals surface area contributed by atoms with Crippen molar-refractivity contribution in [2.45, 2.75) is 43.7 Å². The van der Waals surface area contributed by atoms with Crippen molar-refractivity contribution in [3.8, 4) is 5.75 Å². The molecule has 1 aromatic carbocycles. The van der Waals surface area contributed by atoms with Crippen molar-refractivity contribution in [2.24, 2.45) is 0 Å². The van der Waals surface area contributed by atoms with E-state index in [1.54, 1.807) is 19.9 Å². The molecule has 0 aliphatic carbocycles. The van der Waals surface area contributed by atoms with Crippen molar-refractivity contribution in [1.29, 1.82) is 0 Å². The normalized spacial score (nSPS) is 18.4. The van der Waals surface area contributed by atoms with Gasteiger partial charge < -0.3 is 15.4 Å². The molecule has 0 radical (unpaired) electrons. The molecule has 24 heavy (non-hydrogen) atoms. The fourth-order valence-corrected chi connectivity index (χ4v) is 4.09. The van der Waals surface area contributed by atoms with E-state index in [-0.39, 0.29) is 28.6 Å². The molecule has 1 aromatic rings. The topological polar surface area (TPSA) is 96.5 Å². The molecule has 1 fully saturated rings. The number of amides is 1. The number of nitrogens with one attached hydrogen (secondary N) is 3. The molecule has 1 amide bonds. The predicted molar refractivity (Wildman–Crippen MR) is 91.8 cm³/mol. The van der Waals surface area contributed by atoms with E-state index < -0.39 is 10.0 Å². The average Bonchev–Trinajstić information content (AvgIpc) is 2.54. The predicted octanol–water partition coefficient (Wildman–Crippen LogP) is 0.864. The summed E-state index contributed by atoms with van der Waals surface area (Å²) < 4.78 is 32.6. The number of carbonyl (C=O) groups excluding carboxylic acids is 1. The van der Waals surface area contributed by atoms with Crippen LogP contribution in [0.4, 0.5) is 0 Å². The van der Waals surface area contributed by atoms with Crippen LogP contribution >= 0.6 is 0 Å². The minimum absolute atomic E-state index is 0.0341. The Labute approximate surface area is 143 Å². The van der Waals surface area contributed by atoms with E-state index in [4.69, 9.17) is 4.74 Å². The van der Waals surface area contributed by atoms with E-state index in [1.807, 2.05) is 0 Å². The minimum atomic E-state index is -3.76. The fraction of sp³-hybridized carbons (Fsp3) is 0.562. The first-order valence-electron chi connectivity index (χ1n) is 8.05. The van der Waals surface area contributed by atoms with Gasteiger partial charge in [-0.05, 0) is 51.4 Å². The Hall–Kier alpha value is -1.64. The second-order valence-corrected chi connectivity index (χ2v) is 7.84. The molecule has 7 nitrogen and oxygen atoms in total. The quantitative estimate of drug-likeness (QED) is 0.703. The summed E-state index contributed by atoms with van der Waals surface area (Å²) >= 11 is 0. The molecule has 2 rings (SSSR count). The molecule has 1 aliphatic rings. The zero-order valence-electron chi connectivity index (χ0n) is 14.3. The Kier molecular flexibility index (Phi) is 6.20. The van der Waals surface area contributed by atoms with E-state index in [0.29, 0.717) is 5.56 Å². The lowest BCUT2D eigenvalue weighted by molar-refractivity contribution is 0.0930. The monoisotopic (exact) mass is 355 g/mol. The van der Waals surface area contributed by atoms with Crippen molar-refractivity contribution in [3.63, 3.8) is 0 Å². The van der Waals surface area contributed by atoms with Crippen molar-refractivity contribution in [3.05, 3.63) is 23.8 Å². The number of rotatable bonds is 6. The molecule has 1 heterocycles. The number of carbonyl (C=O) groups is 1. The Bertz CT molecular complexity index is 683. The van der Waals surface area contributed by atoms with Crippen LogP contribution in [0.2, 0.25) is 0 Å². The molecule has 3 N–H and O–H groups in total. The highest BCUT2D eigenvalue weighted by Gasteiger charge is 2.23. The van der Waals surface area contributed by atoms with E-state index in [0.717, 1.165) is 25.9 Å². The number of hydrogen-bond acceptors (Lipinski definition) is 5. The Morgan fingerprint density at radius 2 is 2.12 bits per heavy atom. The molecular weight excluding hydrogens is 330 g/mol. The molecule has 1 aliphatic heterocycles. The number of methoxy groups -OCH3 is 1. The number of sulfonamides is 1. The van der Waals surface area contributed by atoms with E-state index in [9.17, 15) is 13.2 Å². The Balaban J connectivity index is 2.25. The maximum Gasteiger partial charge on any atom is 0.251 e. The second kappa shape index (κ2) is 7.96. The number of benzene rings is 1. The van der Waals surface area contributed by atoms with Crippen LogP contribution in [0.15, 0.2) is 23.1 Å². The highest BCUT2D eigenvalue weighted by Crippen LogP contribution is 2.25. The first-order valence-corrected chi connectivity index (χ1v) is 9.53. The van der Waals surface area contributed by atoms with Gasteiger partial charge in [-0.3, -0.25) is 4.79 Å². The van der Waals surface area contributed by atoms with Gasteiger partial charge in [-0.15, -0.1) is 0 Å². The van der Waals surface area contributed by atoms with Crippen molar-refractivity contribution in [2.75, 3.05) is 20.2 Å². The summed E-state index contributed by atoms with van der Waals surface area (Å²) in [7, 11) is -2.36. The molecule has 1 atom stereocenters. The molecule has 8 heteroatoms. The van der Waals surface area contributed by atoms with Crippen molar-refractivity contribution in [1.82, 2.24) is 15.4 Å².